The van der Waals surface area contributed by atoms with Crippen molar-refractivity contribution in [2.24, 2.45) is 0 Å². The molecule has 22 heavy (non-hydrogen) atoms. The molecule has 6 nitrogen and oxygen atoms in total. The Hall–Kier alpha value is -2.54. The van der Waals surface area contributed by atoms with E-state index in [1.54, 1.807) is 28.5 Å². The van der Waals surface area contributed by atoms with E-state index in [9.17, 15) is 4.79 Å². The molecule has 3 rings (SSSR count). The normalized spacial score (nSPS) is 10.6. The number of fused-ring (bicyclic) bond motifs is 1. The van der Waals surface area contributed by atoms with Gasteiger partial charge in [-0.05, 0) is 43.5 Å². The molecule has 2 heterocycles. The Balaban J connectivity index is 1.78. The number of aromatic nitrogens is 3. The molecule has 0 atom stereocenters. The number of rotatable bonds is 3. The maximum Gasteiger partial charge on any atom is 0.323 e. The highest BCUT2D eigenvalue weighted by Gasteiger charge is 2.09. The molecule has 2 amide bonds. The molecule has 0 spiro atoms. The number of thioether (sulfide) groups is 1. The number of hydrogen-bond acceptors (Lipinski definition) is 4. The molecule has 0 aliphatic heterocycles. The van der Waals surface area contributed by atoms with Gasteiger partial charge >= 0.3 is 6.03 Å². The minimum absolute atomic E-state index is 0.313. The lowest BCUT2D eigenvalue weighted by molar-refractivity contribution is 0.262. The molecule has 0 saturated carbocycles. The molecule has 0 fully saturated rings. The van der Waals surface area contributed by atoms with E-state index < -0.39 is 0 Å². The van der Waals surface area contributed by atoms with Crippen molar-refractivity contribution in [1.29, 1.82) is 0 Å². The van der Waals surface area contributed by atoms with Crippen LogP contribution >= 0.6 is 11.8 Å². The third kappa shape index (κ3) is 3.04. The Morgan fingerprint density at radius 1 is 1.23 bits per heavy atom. The van der Waals surface area contributed by atoms with Crippen LogP contribution in [-0.2, 0) is 0 Å². The lowest BCUT2D eigenvalue weighted by atomic mass is 10.3. The zero-order valence-electron chi connectivity index (χ0n) is 12.2. The zero-order chi connectivity index (χ0) is 15.5. The Morgan fingerprint density at radius 2 is 2.09 bits per heavy atom. The van der Waals surface area contributed by atoms with Crippen LogP contribution in [0.15, 0.2) is 47.5 Å². The van der Waals surface area contributed by atoms with Crippen molar-refractivity contribution in [3.8, 4) is 0 Å². The van der Waals surface area contributed by atoms with E-state index in [-0.39, 0.29) is 6.03 Å². The predicted octanol–water partition coefficient (Wildman–Crippen LogP) is 3.40. The highest BCUT2D eigenvalue weighted by Crippen LogP contribution is 2.20. The van der Waals surface area contributed by atoms with Crippen LogP contribution in [0.3, 0.4) is 0 Å². The molecule has 3 aromatic rings. The van der Waals surface area contributed by atoms with Crippen LogP contribution in [0.5, 0.6) is 0 Å². The number of urea groups is 1. The number of amides is 2. The lowest BCUT2D eigenvalue weighted by Gasteiger charge is -2.09. The van der Waals surface area contributed by atoms with Gasteiger partial charge in [0.2, 0.25) is 0 Å². The van der Waals surface area contributed by atoms with E-state index in [1.165, 1.54) is 0 Å². The van der Waals surface area contributed by atoms with Gasteiger partial charge in [0.1, 0.15) is 5.82 Å². The standard InChI is InChI=1S/C15H15N5OS/c1-10-16-14-13(7-4-8-20(14)19-10)18-15(21)17-11-5-3-6-12(9-11)22-2/h3-9H,1-2H3,(H2,17,18,21). The minimum Gasteiger partial charge on any atom is -0.308 e. The van der Waals surface area contributed by atoms with E-state index in [0.717, 1.165) is 10.6 Å². The summed E-state index contributed by atoms with van der Waals surface area (Å²) >= 11 is 1.63. The maximum absolute atomic E-state index is 12.1. The number of carbonyl (C=O) groups is 1. The Morgan fingerprint density at radius 3 is 2.91 bits per heavy atom. The molecule has 0 bridgehead atoms. The second-order valence-electron chi connectivity index (χ2n) is 4.66. The summed E-state index contributed by atoms with van der Waals surface area (Å²) in [5, 5.41) is 9.84. The van der Waals surface area contributed by atoms with Crippen LogP contribution in [0.25, 0.3) is 5.65 Å². The zero-order valence-corrected chi connectivity index (χ0v) is 13.0. The van der Waals surface area contributed by atoms with Gasteiger partial charge in [-0.2, -0.15) is 5.10 Å². The third-order valence-corrected chi connectivity index (χ3v) is 3.77. The van der Waals surface area contributed by atoms with Gasteiger partial charge in [0.05, 0.1) is 5.69 Å². The van der Waals surface area contributed by atoms with Crippen LogP contribution in [0, 0.1) is 6.92 Å². The molecule has 0 unspecified atom stereocenters. The molecule has 0 saturated heterocycles. The van der Waals surface area contributed by atoms with Crippen LogP contribution in [0.1, 0.15) is 5.82 Å². The largest absolute Gasteiger partial charge is 0.323 e. The quantitative estimate of drug-likeness (QED) is 0.727. The summed E-state index contributed by atoms with van der Waals surface area (Å²) < 4.78 is 1.64. The second kappa shape index (κ2) is 6.07. The van der Waals surface area contributed by atoms with Gasteiger partial charge in [0.25, 0.3) is 0 Å². The summed E-state index contributed by atoms with van der Waals surface area (Å²) in [5.74, 6) is 0.655. The van der Waals surface area contributed by atoms with Crippen molar-refractivity contribution < 1.29 is 4.79 Å². The highest BCUT2D eigenvalue weighted by molar-refractivity contribution is 7.98. The van der Waals surface area contributed by atoms with Gasteiger partial charge in [-0.25, -0.2) is 14.3 Å². The summed E-state index contributed by atoms with van der Waals surface area (Å²) in [4.78, 5) is 17.5. The Labute approximate surface area is 131 Å². The smallest absolute Gasteiger partial charge is 0.308 e. The van der Waals surface area contributed by atoms with Crippen molar-refractivity contribution in [3.63, 3.8) is 0 Å². The van der Waals surface area contributed by atoms with Crippen LogP contribution < -0.4 is 10.6 Å². The fourth-order valence-electron chi connectivity index (χ4n) is 2.10. The van der Waals surface area contributed by atoms with Crippen LogP contribution in [-0.4, -0.2) is 26.9 Å². The van der Waals surface area contributed by atoms with Gasteiger partial charge in [-0.15, -0.1) is 11.8 Å². The van der Waals surface area contributed by atoms with E-state index in [2.05, 4.69) is 20.7 Å². The maximum atomic E-state index is 12.1. The number of pyridine rings is 1. The van der Waals surface area contributed by atoms with Crippen molar-refractivity contribution in [2.75, 3.05) is 16.9 Å². The average Bonchev–Trinajstić information content (AvgIpc) is 2.89. The molecule has 0 radical (unpaired) electrons. The summed E-state index contributed by atoms with van der Waals surface area (Å²) in [6, 6.07) is 11.0. The number of anilines is 2. The first-order valence-corrected chi connectivity index (χ1v) is 7.92. The number of nitrogens with zero attached hydrogens (tertiary/aromatic N) is 3. The summed E-state index contributed by atoms with van der Waals surface area (Å²) in [6.45, 7) is 1.81. The van der Waals surface area contributed by atoms with Crippen molar-refractivity contribution in [1.82, 2.24) is 14.6 Å². The van der Waals surface area contributed by atoms with Crippen molar-refractivity contribution in [2.45, 2.75) is 11.8 Å². The van der Waals surface area contributed by atoms with Crippen LogP contribution in [0.2, 0.25) is 0 Å². The second-order valence-corrected chi connectivity index (χ2v) is 5.54. The third-order valence-electron chi connectivity index (χ3n) is 3.04. The van der Waals surface area contributed by atoms with E-state index >= 15 is 0 Å². The van der Waals surface area contributed by atoms with Gasteiger partial charge in [0.15, 0.2) is 5.65 Å². The molecule has 112 valence electrons. The van der Waals surface area contributed by atoms with Gasteiger partial charge in [-0.1, -0.05) is 6.07 Å². The number of aryl methyl sites for hydroxylation is 1. The minimum atomic E-state index is -0.313. The topological polar surface area (TPSA) is 71.3 Å². The van der Waals surface area contributed by atoms with Gasteiger partial charge in [-0.3, -0.25) is 0 Å². The molecule has 7 heteroatoms. The van der Waals surface area contributed by atoms with E-state index in [1.807, 2.05) is 43.5 Å². The number of nitrogens with one attached hydrogen (secondary N) is 2. The Bertz CT molecular complexity index is 830. The summed E-state index contributed by atoms with van der Waals surface area (Å²) in [7, 11) is 0. The van der Waals surface area contributed by atoms with Crippen molar-refractivity contribution in [3.05, 3.63) is 48.4 Å². The lowest BCUT2D eigenvalue weighted by Crippen LogP contribution is -2.19. The molecule has 2 aromatic heterocycles. The molecular formula is C15H15N5OS. The monoisotopic (exact) mass is 313 g/mol. The molecule has 0 aliphatic carbocycles. The summed E-state index contributed by atoms with van der Waals surface area (Å²) in [5.41, 5.74) is 1.98. The van der Waals surface area contributed by atoms with Gasteiger partial charge < -0.3 is 10.6 Å². The first kappa shape index (κ1) is 14.4. The number of benzene rings is 1. The SMILES string of the molecule is CSc1cccc(NC(=O)Nc2cccn3nc(C)nc23)c1. The Kier molecular flexibility index (Phi) is 3.97. The molecule has 2 N–H and O–H groups in total. The first-order chi connectivity index (χ1) is 10.7. The fraction of sp³-hybridized carbons (Fsp3) is 0.133. The highest BCUT2D eigenvalue weighted by atomic mass is 32.2. The van der Waals surface area contributed by atoms with E-state index in [0.29, 0.717) is 17.2 Å². The molecule has 1 aromatic carbocycles. The van der Waals surface area contributed by atoms with Gasteiger partial charge in [0, 0.05) is 16.8 Å². The van der Waals surface area contributed by atoms with Crippen LogP contribution in [0.4, 0.5) is 16.2 Å². The number of hydrogen-bond donors (Lipinski definition) is 2. The molecule has 0 aliphatic rings. The first-order valence-electron chi connectivity index (χ1n) is 6.70. The average molecular weight is 313 g/mol. The van der Waals surface area contributed by atoms with Crippen molar-refractivity contribution >= 4 is 34.8 Å². The molecular weight excluding hydrogens is 298 g/mol. The number of carbonyl (C=O) groups excluding carboxylic acids is 1. The van der Waals surface area contributed by atoms with E-state index in [4.69, 9.17) is 0 Å². The fourth-order valence-corrected chi connectivity index (χ4v) is 2.56. The predicted molar refractivity (Wildman–Crippen MR) is 88.6 cm³/mol. The summed E-state index contributed by atoms with van der Waals surface area (Å²) in [6.07, 6.45) is 3.79.